The summed E-state index contributed by atoms with van der Waals surface area (Å²) in [5.41, 5.74) is 1.90. The first kappa shape index (κ1) is 19.7. The summed E-state index contributed by atoms with van der Waals surface area (Å²) in [6.07, 6.45) is 3.98. The third-order valence-electron chi connectivity index (χ3n) is 4.46. The standard InChI is InChI=1S/C21H24N4O3/c1-5-18(20-23-13(2)25-28-20)24-19(26)15-8-6-7-14(9-15)16-10-17(12-22-11-16)21(3,4)27/h6-12,18,27H,5H2,1-4H3,(H,24,26). The van der Waals surface area contributed by atoms with E-state index in [1.54, 1.807) is 45.3 Å². The second-order valence-electron chi connectivity index (χ2n) is 7.22. The molecule has 0 spiro atoms. The van der Waals surface area contributed by atoms with Gasteiger partial charge in [0, 0.05) is 29.1 Å². The summed E-state index contributed by atoms with van der Waals surface area (Å²) in [5.74, 6) is 0.701. The molecule has 0 radical (unpaired) electrons. The van der Waals surface area contributed by atoms with E-state index >= 15 is 0 Å². The molecular formula is C21H24N4O3. The number of nitrogens with one attached hydrogen (secondary N) is 1. The predicted molar refractivity (Wildman–Crippen MR) is 104 cm³/mol. The lowest BCUT2D eigenvalue weighted by molar-refractivity contribution is 0.0782. The predicted octanol–water partition coefficient (Wildman–Crippen LogP) is 3.55. The Bertz CT molecular complexity index is 976. The van der Waals surface area contributed by atoms with Crippen molar-refractivity contribution in [1.29, 1.82) is 0 Å². The summed E-state index contributed by atoms with van der Waals surface area (Å²) in [5, 5.41) is 16.9. The third-order valence-corrected chi connectivity index (χ3v) is 4.46. The number of benzene rings is 1. The highest BCUT2D eigenvalue weighted by atomic mass is 16.5. The fourth-order valence-electron chi connectivity index (χ4n) is 2.81. The Balaban J connectivity index is 1.84. The van der Waals surface area contributed by atoms with Gasteiger partial charge in [0.1, 0.15) is 6.04 Å². The number of aromatic nitrogens is 3. The van der Waals surface area contributed by atoms with Crippen molar-refractivity contribution < 1.29 is 14.4 Å². The van der Waals surface area contributed by atoms with E-state index in [2.05, 4.69) is 20.4 Å². The van der Waals surface area contributed by atoms with Crippen LogP contribution in [0, 0.1) is 6.92 Å². The van der Waals surface area contributed by atoms with Gasteiger partial charge in [-0.05, 0) is 51.0 Å². The average molecular weight is 380 g/mol. The first-order valence-corrected chi connectivity index (χ1v) is 9.17. The fraction of sp³-hybridized carbons (Fsp3) is 0.333. The van der Waals surface area contributed by atoms with Gasteiger partial charge in [0.2, 0.25) is 5.89 Å². The lowest BCUT2D eigenvalue weighted by Gasteiger charge is -2.18. The second kappa shape index (κ2) is 7.90. The maximum absolute atomic E-state index is 12.7. The number of hydrogen-bond donors (Lipinski definition) is 2. The van der Waals surface area contributed by atoms with Crippen LogP contribution in [0.3, 0.4) is 0 Å². The molecule has 0 bridgehead atoms. The lowest BCUT2D eigenvalue weighted by atomic mass is 9.96. The summed E-state index contributed by atoms with van der Waals surface area (Å²) >= 11 is 0. The van der Waals surface area contributed by atoms with Crippen molar-refractivity contribution in [3.63, 3.8) is 0 Å². The summed E-state index contributed by atoms with van der Waals surface area (Å²) < 4.78 is 5.18. The van der Waals surface area contributed by atoms with Gasteiger partial charge >= 0.3 is 0 Å². The summed E-state index contributed by atoms with van der Waals surface area (Å²) in [7, 11) is 0. The molecule has 3 aromatic rings. The molecule has 0 saturated heterocycles. The van der Waals surface area contributed by atoms with Gasteiger partial charge in [-0.15, -0.1) is 0 Å². The largest absolute Gasteiger partial charge is 0.386 e. The first-order chi connectivity index (χ1) is 13.3. The van der Waals surface area contributed by atoms with Crippen LogP contribution >= 0.6 is 0 Å². The van der Waals surface area contributed by atoms with Crippen LogP contribution in [0.15, 0.2) is 47.2 Å². The van der Waals surface area contributed by atoms with E-state index in [9.17, 15) is 9.90 Å². The monoisotopic (exact) mass is 380 g/mol. The van der Waals surface area contributed by atoms with Crippen LogP contribution in [0.25, 0.3) is 11.1 Å². The molecule has 2 N–H and O–H groups in total. The van der Waals surface area contributed by atoms with Crippen LogP contribution in [0.2, 0.25) is 0 Å². The molecule has 0 fully saturated rings. The van der Waals surface area contributed by atoms with E-state index in [0.717, 1.165) is 11.1 Å². The Morgan fingerprint density at radius 1 is 1.25 bits per heavy atom. The highest BCUT2D eigenvalue weighted by molar-refractivity contribution is 5.95. The first-order valence-electron chi connectivity index (χ1n) is 9.17. The van der Waals surface area contributed by atoms with E-state index in [1.165, 1.54) is 0 Å². The number of hydrogen-bond acceptors (Lipinski definition) is 6. The number of rotatable bonds is 6. The van der Waals surface area contributed by atoms with Crippen molar-refractivity contribution >= 4 is 5.91 Å². The molecule has 7 nitrogen and oxygen atoms in total. The van der Waals surface area contributed by atoms with Crippen molar-refractivity contribution in [1.82, 2.24) is 20.4 Å². The quantitative estimate of drug-likeness (QED) is 0.678. The van der Waals surface area contributed by atoms with Gasteiger partial charge < -0.3 is 14.9 Å². The lowest BCUT2D eigenvalue weighted by Crippen LogP contribution is -2.28. The summed E-state index contributed by atoms with van der Waals surface area (Å²) in [6.45, 7) is 7.10. The summed E-state index contributed by atoms with van der Waals surface area (Å²) in [6, 6.07) is 8.79. The van der Waals surface area contributed by atoms with Crippen molar-refractivity contribution in [3.8, 4) is 11.1 Å². The van der Waals surface area contributed by atoms with Gasteiger partial charge in [-0.25, -0.2) is 0 Å². The molecule has 0 saturated carbocycles. The van der Waals surface area contributed by atoms with Crippen LogP contribution in [0.5, 0.6) is 0 Å². The SMILES string of the molecule is CCC(NC(=O)c1cccc(-c2cncc(C(C)(C)O)c2)c1)c1nc(C)no1. The van der Waals surface area contributed by atoms with E-state index in [1.807, 2.05) is 25.1 Å². The number of aryl methyl sites for hydroxylation is 1. The topological polar surface area (TPSA) is 101 Å². The highest BCUT2D eigenvalue weighted by Gasteiger charge is 2.20. The minimum absolute atomic E-state index is 0.226. The molecule has 0 aliphatic carbocycles. The Kier molecular flexibility index (Phi) is 5.56. The normalized spacial score (nSPS) is 12.6. The van der Waals surface area contributed by atoms with Crippen LogP contribution in [-0.2, 0) is 5.60 Å². The highest BCUT2D eigenvalue weighted by Crippen LogP contribution is 2.26. The second-order valence-corrected chi connectivity index (χ2v) is 7.22. The molecule has 7 heteroatoms. The molecule has 1 unspecified atom stereocenters. The smallest absolute Gasteiger partial charge is 0.251 e. The van der Waals surface area contributed by atoms with E-state index in [0.29, 0.717) is 29.3 Å². The molecule has 146 valence electrons. The van der Waals surface area contributed by atoms with Crippen molar-refractivity contribution in [2.45, 2.75) is 45.8 Å². The molecule has 28 heavy (non-hydrogen) atoms. The molecule has 2 heterocycles. The van der Waals surface area contributed by atoms with Crippen LogP contribution in [0.1, 0.15) is 60.9 Å². The average Bonchev–Trinajstić information content (AvgIpc) is 3.11. The molecule has 1 aromatic carbocycles. The number of nitrogens with zero attached hydrogens (tertiary/aromatic N) is 3. The zero-order valence-corrected chi connectivity index (χ0v) is 16.4. The number of amides is 1. The Morgan fingerprint density at radius 2 is 2.04 bits per heavy atom. The summed E-state index contributed by atoms with van der Waals surface area (Å²) in [4.78, 5) is 21.2. The van der Waals surface area contributed by atoms with Crippen LogP contribution in [0.4, 0.5) is 0 Å². The Labute approximate surface area is 163 Å². The Hall–Kier alpha value is -3.06. The minimum Gasteiger partial charge on any atom is -0.386 e. The van der Waals surface area contributed by atoms with Gasteiger partial charge in [-0.2, -0.15) is 4.98 Å². The van der Waals surface area contributed by atoms with Crippen molar-refractivity contribution in [2.75, 3.05) is 0 Å². The van der Waals surface area contributed by atoms with E-state index in [-0.39, 0.29) is 11.9 Å². The van der Waals surface area contributed by atoms with Crippen LogP contribution in [-0.4, -0.2) is 26.1 Å². The van der Waals surface area contributed by atoms with Crippen molar-refractivity contribution in [3.05, 3.63) is 65.6 Å². The van der Waals surface area contributed by atoms with Gasteiger partial charge in [0.25, 0.3) is 5.91 Å². The number of pyridine rings is 1. The van der Waals surface area contributed by atoms with E-state index in [4.69, 9.17) is 4.52 Å². The zero-order chi connectivity index (χ0) is 20.3. The molecule has 1 atom stereocenters. The van der Waals surface area contributed by atoms with Gasteiger partial charge in [-0.1, -0.05) is 24.2 Å². The molecule has 1 amide bonds. The van der Waals surface area contributed by atoms with Crippen molar-refractivity contribution in [2.24, 2.45) is 0 Å². The zero-order valence-electron chi connectivity index (χ0n) is 16.4. The van der Waals surface area contributed by atoms with Gasteiger partial charge in [0.15, 0.2) is 5.82 Å². The maximum atomic E-state index is 12.7. The molecule has 2 aromatic heterocycles. The van der Waals surface area contributed by atoms with Gasteiger partial charge in [0.05, 0.1) is 5.60 Å². The third kappa shape index (κ3) is 4.43. The molecule has 3 rings (SSSR count). The maximum Gasteiger partial charge on any atom is 0.251 e. The molecular weight excluding hydrogens is 356 g/mol. The molecule has 0 aliphatic heterocycles. The fourth-order valence-corrected chi connectivity index (χ4v) is 2.81. The van der Waals surface area contributed by atoms with Gasteiger partial charge in [-0.3, -0.25) is 9.78 Å². The Morgan fingerprint density at radius 3 is 2.68 bits per heavy atom. The molecule has 0 aliphatic rings. The number of carbonyl (C=O) groups excluding carboxylic acids is 1. The number of aliphatic hydroxyl groups is 1. The van der Waals surface area contributed by atoms with E-state index < -0.39 is 5.60 Å². The minimum atomic E-state index is -0.992. The van der Waals surface area contributed by atoms with Crippen LogP contribution < -0.4 is 5.32 Å². The number of carbonyl (C=O) groups is 1.